The molecule has 0 bridgehead atoms. The van der Waals surface area contributed by atoms with Crippen molar-refractivity contribution in [2.24, 2.45) is 0 Å². The van der Waals surface area contributed by atoms with Gasteiger partial charge < -0.3 is 5.32 Å². The third kappa shape index (κ3) is 3.78. The van der Waals surface area contributed by atoms with E-state index in [1.165, 1.54) is 7.11 Å². The Morgan fingerprint density at radius 3 is 2.53 bits per heavy atom. The van der Waals surface area contributed by atoms with Crippen LogP contribution in [0.4, 0.5) is 0 Å². The molecule has 1 aromatic carbocycles. The van der Waals surface area contributed by atoms with Gasteiger partial charge in [0.2, 0.25) is 0 Å². The highest BCUT2D eigenvalue weighted by Gasteiger charge is 2.06. The summed E-state index contributed by atoms with van der Waals surface area (Å²) in [4.78, 5) is 26.7. The van der Waals surface area contributed by atoms with Gasteiger partial charge in [0.25, 0.3) is 11.8 Å². The summed E-state index contributed by atoms with van der Waals surface area (Å²) in [5, 5.41) is 2.45. The average molecular weight is 208 g/mol. The molecule has 1 aromatic rings. The molecule has 15 heavy (non-hydrogen) atoms. The maximum Gasteiger partial charge on any atom is 0.262 e. The summed E-state index contributed by atoms with van der Waals surface area (Å²) >= 11 is 0. The average Bonchev–Trinajstić information content (AvgIpc) is 2.27. The van der Waals surface area contributed by atoms with Crippen LogP contribution in [0, 0.1) is 0 Å². The van der Waals surface area contributed by atoms with Gasteiger partial charge in [-0.1, -0.05) is 18.2 Å². The molecule has 80 valence electrons. The van der Waals surface area contributed by atoms with Crippen LogP contribution >= 0.6 is 0 Å². The molecule has 2 amide bonds. The van der Waals surface area contributed by atoms with E-state index in [2.05, 4.69) is 15.6 Å². The van der Waals surface area contributed by atoms with E-state index in [1.54, 1.807) is 24.3 Å². The Morgan fingerprint density at radius 2 is 1.93 bits per heavy atom. The number of amides is 2. The van der Waals surface area contributed by atoms with Crippen LogP contribution in [0.1, 0.15) is 10.4 Å². The number of hydroxylamine groups is 1. The van der Waals surface area contributed by atoms with Crippen LogP contribution in [0.2, 0.25) is 0 Å². The van der Waals surface area contributed by atoms with E-state index in [9.17, 15) is 9.59 Å². The van der Waals surface area contributed by atoms with Crippen molar-refractivity contribution < 1.29 is 14.4 Å². The van der Waals surface area contributed by atoms with E-state index in [4.69, 9.17) is 0 Å². The molecular weight excluding hydrogens is 196 g/mol. The summed E-state index contributed by atoms with van der Waals surface area (Å²) < 4.78 is 0. The fraction of sp³-hybridized carbons (Fsp3) is 0.200. The number of carbonyl (C=O) groups is 2. The summed E-state index contributed by atoms with van der Waals surface area (Å²) in [7, 11) is 1.33. The summed E-state index contributed by atoms with van der Waals surface area (Å²) in [6.07, 6.45) is 0. The Labute approximate surface area is 87.4 Å². The van der Waals surface area contributed by atoms with Crippen molar-refractivity contribution in [1.29, 1.82) is 0 Å². The number of nitrogens with one attached hydrogen (secondary N) is 2. The van der Waals surface area contributed by atoms with E-state index in [0.29, 0.717) is 5.56 Å². The first-order valence-electron chi connectivity index (χ1n) is 4.39. The first-order valence-corrected chi connectivity index (χ1v) is 4.39. The topological polar surface area (TPSA) is 67.4 Å². The first-order chi connectivity index (χ1) is 7.24. The van der Waals surface area contributed by atoms with Crippen LogP contribution in [0.5, 0.6) is 0 Å². The zero-order chi connectivity index (χ0) is 11.1. The van der Waals surface area contributed by atoms with Gasteiger partial charge in [0.1, 0.15) is 0 Å². The zero-order valence-electron chi connectivity index (χ0n) is 8.32. The lowest BCUT2D eigenvalue weighted by Crippen LogP contribution is -2.36. The molecule has 0 aliphatic carbocycles. The fourth-order valence-electron chi connectivity index (χ4n) is 1.00. The van der Waals surface area contributed by atoms with Gasteiger partial charge in [0.15, 0.2) is 0 Å². The number of rotatable bonds is 4. The zero-order valence-corrected chi connectivity index (χ0v) is 8.32. The smallest absolute Gasteiger partial charge is 0.262 e. The molecule has 0 heterocycles. The highest BCUT2D eigenvalue weighted by atomic mass is 16.6. The van der Waals surface area contributed by atoms with E-state index in [0.717, 1.165) is 0 Å². The van der Waals surface area contributed by atoms with Gasteiger partial charge in [-0.2, -0.15) is 0 Å². The maximum atomic E-state index is 11.4. The van der Waals surface area contributed by atoms with Crippen LogP contribution in [0.25, 0.3) is 0 Å². The van der Waals surface area contributed by atoms with E-state index >= 15 is 0 Å². The molecule has 0 saturated carbocycles. The SMILES string of the molecule is CONC(=O)CNC(=O)c1ccccc1. The van der Waals surface area contributed by atoms with Crippen LogP contribution in [-0.4, -0.2) is 25.5 Å². The maximum absolute atomic E-state index is 11.4. The fourth-order valence-corrected chi connectivity index (χ4v) is 1.00. The molecule has 0 saturated heterocycles. The molecule has 2 N–H and O–H groups in total. The van der Waals surface area contributed by atoms with E-state index in [1.807, 2.05) is 6.07 Å². The van der Waals surface area contributed by atoms with E-state index < -0.39 is 5.91 Å². The number of benzene rings is 1. The highest BCUT2D eigenvalue weighted by Crippen LogP contribution is 1.96. The third-order valence-electron chi connectivity index (χ3n) is 1.66. The quantitative estimate of drug-likeness (QED) is 0.689. The van der Waals surface area contributed by atoms with Gasteiger partial charge in [-0.3, -0.25) is 14.4 Å². The van der Waals surface area contributed by atoms with E-state index in [-0.39, 0.29) is 12.5 Å². The number of hydrogen-bond acceptors (Lipinski definition) is 3. The van der Waals surface area contributed by atoms with Gasteiger partial charge >= 0.3 is 0 Å². The van der Waals surface area contributed by atoms with Crippen LogP contribution in [0.3, 0.4) is 0 Å². The molecule has 5 nitrogen and oxygen atoms in total. The normalized spacial score (nSPS) is 9.40. The lowest BCUT2D eigenvalue weighted by Gasteiger charge is -2.04. The minimum absolute atomic E-state index is 0.110. The van der Waals surface area contributed by atoms with Crippen LogP contribution < -0.4 is 10.8 Å². The largest absolute Gasteiger partial charge is 0.343 e. The van der Waals surface area contributed by atoms with Crippen molar-refractivity contribution in [3.8, 4) is 0 Å². The Bertz CT molecular complexity index is 338. The van der Waals surface area contributed by atoms with Gasteiger partial charge in [-0.25, -0.2) is 5.48 Å². The molecule has 0 radical (unpaired) electrons. The monoisotopic (exact) mass is 208 g/mol. The van der Waals surface area contributed by atoms with Gasteiger partial charge in [-0.15, -0.1) is 0 Å². The second-order valence-electron chi connectivity index (χ2n) is 2.78. The Balaban J connectivity index is 2.40. The lowest BCUT2D eigenvalue weighted by atomic mass is 10.2. The molecule has 0 aliphatic heterocycles. The molecule has 0 atom stereocenters. The molecular formula is C10H12N2O3. The third-order valence-corrected chi connectivity index (χ3v) is 1.66. The Hall–Kier alpha value is -1.88. The predicted molar refractivity (Wildman–Crippen MR) is 53.9 cm³/mol. The van der Waals surface area contributed by atoms with Gasteiger partial charge in [-0.05, 0) is 12.1 Å². The molecule has 0 aliphatic rings. The number of hydrogen-bond donors (Lipinski definition) is 2. The summed E-state index contributed by atoms with van der Waals surface area (Å²) in [5.41, 5.74) is 2.62. The molecule has 0 fully saturated rings. The molecule has 5 heteroatoms. The standard InChI is InChI=1S/C10H12N2O3/c1-15-12-9(13)7-11-10(14)8-5-3-2-4-6-8/h2-6H,7H2,1H3,(H,11,14)(H,12,13). The van der Waals surface area contributed by atoms with Crippen LogP contribution in [0.15, 0.2) is 30.3 Å². The molecule has 0 unspecified atom stereocenters. The van der Waals surface area contributed by atoms with Crippen LogP contribution in [-0.2, 0) is 9.63 Å². The predicted octanol–water partition coefficient (Wildman–Crippen LogP) is 0.0940. The van der Waals surface area contributed by atoms with Crippen molar-refractivity contribution in [2.75, 3.05) is 13.7 Å². The van der Waals surface area contributed by atoms with Crippen molar-refractivity contribution >= 4 is 11.8 Å². The summed E-state index contributed by atoms with van der Waals surface area (Å²) in [6, 6.07) is 8.66. The molecule has 1 rings (SSSR count). The Kier molecular flexibility index (Phi) is 4.30. The summed E-state index contributed by atoms with van der Waals surface area (Å²) in [6.45, 7) is -0.110. The Morgan fingerprint density at radius 1 is 1.27 bits per heavy atom. The molecule has 0 aromatic heterocycles. The van der Waals surface area contributed by atoms with Crippen molar-refractivity contribution in [3.63, 3.8) is 0 Å². The van der Waals surface area contributed by atoms with Crippen molar-refractivity contribution in [1.82, 2.24) is 10.8 Å². The minimum Gasteiger partial charge on any atom is -0.343 e. The van der Waals surface area contributed by atoms with Gasteiger partial charge in [0, 0.05) is 5.56 Å². The summed E-state index contributed by atoms with van der Waals surface area (Å²) in [5.74, 6) is -0.691. The lowest BCUT2D eigenvalue weighted by molar-refractivity contribution is -0.130. The highest BCUT2D eigenvalue weighted by molar-refractivity contribution is 5.96. The molecule has 0 spiro atoms. The second-order valence-corrected chi connectivity index (χ2v) is 2.78. The first kappa shape index (κ1) is 11.2. The van der Waals surface area contributed by atoms with Gasteiger partial charge in [0.05, 0.1) is 13.7 Å². The van der Waals surface area contributed by atoms with Crippen molar-refractivity contribution in [3.05, 3.63) is 35.9 Å². The minimum atomic E-state index is -0.401. The second kappa shape index (κ2) is 5.77. The van der Waals surface area contributed by atoms with Crippen molar-refractivity contribution in [2.45, 2.75) is 0 Å². The number of carbonyl (C=O) groups excluding carboxylic acids is 2.